The number of amides is 2. The zero-order valence-electron chi connectivity index (χ0n) is 18.8. The quantitative estimate of drug-likeness (QED) is 0.499. The smallest absolute Gasteiger partial charge is 0.411 e. The van der Waals surface area contributed by atoms with Crippen LogP contribution in [-0.2, 0) is 14.3 Å². The summed E-state index contributed by atoms with van der Waals surface area (Å²) in [4.78, 5) is 37.4. The number of benzene rings is 3. The van der Waals surface area contributed by atoms with Crippen LogP contribution in [0.5, 0.6) is 0 Å². The normalized spacial score (nSPS) is 18.4. The Bertz CT molecular complexity index is 1250. The van der Waals surface area contributed by atoms with Crippen LogP contribution in [0.15, 0.2) is 72.8 Å². The van der Waals surface area contributed by atoms with Gasteiger partial charge >= 0.3 is 12.1 Å². The molecule has 178 valence electrons. The van der Waals surface area contributed by atoms with Crippen molar-refractivity contribution in [1.29, 1.82) is 0 Å². The van der Waals surface area contributed by atoms with Gasteiger partial charge in [0.1, 0.15) is 6.61 Å². The lowest BCUT2D eigenvalue weighted by Crippen LogP contribution is -2.55. The van der Waals surface area contributed by atoms with E-state index in [1.54, 1.807) is 18.2 Å². The fourth-order valence-corrected chi connectivity index (χ4v) is 4.70. The summed E-state index contributed by atoms with van der Waals surface area (Å²) in [7, 11) is 0. The summed E-state index contributed by atoms with van der Waals surface area (Å²) >= 11 is 0. The first kappa shape index (κ1) is 22.6. The predicted molar refractivity (Wildman–Crippen MR) is 128 cm³/mol. The first-order valence-corrected chi connectivity index (χ1v) is 11.3. The summed E-state index contributed by atoms with van der Waals surface area (Å²) in [6, 6.07) is 22.5. The van der Waals surface area contributed by atoms with Gasteiger partial charge in [-0.05, 0) is 34.4 Å². The summed E-state index contributed by atoms with van der Waals surface area (Å²) in [5, 5.41) is 14.8. The van der Waals surface area contributed by atoms with Crippen LogP contribution in [0.2, 0.25) is 0 Å². The van der Waals surface area contributed by atoms with Crippen LogP contribution in [0.4, 0.5) is 10.5 Å². The Hall–Kier alpha value is -4.17. The molecule has 0 radical (unpaired) electrons. The summed E-state index contributed by atoms with van der Waals surface area (Å²) < 4.78 is 10.8. The molecule has 3 aromatic carbocycles. The third-order valence-electron chi connectivity index (χ3n) is 6.54. The van der Waals surface area contributed by atoms with E-state index in [0.29, 0.717) is 0 Å². The fraction of sp³-hybridized carbons (Fsp3) is 0.222. The van der Waals surface area contributed by atoms with Gasteiger partial charge in [-0.2, -0.15) is 0 Å². The third-order valence-corrected chi connectivity index (χ3v) is 6.54. The second kappa shape index (κ2) is 9.23. The molecule has 1 aliphatic heterocycles. The van der Waals surface area contributed by atoms with Crippen LogP contribution >= 0.6 is 0 Å². The minimum Gasteiger partial charge on any atom is -0.479 e. The Morgan fingerprint density at radius 3 is 2.20 bits per heavy atom. The maximum atomic E-state index is 12.9. The van der Waals surface area contributed by atoms with E-state index in [9.17, 15) is 19.5 Å². The van der Waals surface area contributed by atoms with Gasteiger partial charge in [-0.3, -0.25) is 10.1 Å². The standard InChI is InChI=1S/C27H24N2O6/c30-24(29-27(25(31)32)13-14-34-16-27)21-11-5-6-12-23(21)28-26(33)35-15-22-19-9-3-1-7-17(19)18-8-2-4-10-20(18)22/h1-12,22H,13-16H2,(H,28,33)(H,29,30)(H,31,32). The van der Waals surface area contributed by atoms with Crippen LogP contribution in [0, 0.1) is 0 Å². The first-order valence-electron chi connectivity index (χ1n) is 11.3. The van der Waals surface area contributed by atoms with Gasteiger partial charge in [0.15, 0.2) is 5.54 Å². The highest BCUT2D eigenvalue weighted by Gasteiger charge is 2.44. The number of fused-ring (bicyclic) bond motifs is 3. The van der Waals surface area contributed by atoms with Gasteiger partial charge < -0.3 is 19.9 Å². The summed E-state index contributed by atoms with van der Waals surface area (Å²) in [6.45, 7) is 0.260. The number of carboxylic acids is 1. The largest absolute Gasteiger partial charge is 0.479 e. The van der Waals surface area contributed by atoms with E-state index in [-0.39, 0.29) is 43.4 Å². The number of anilines is 1. The molecule has 1 unspecified atom stereocenters. The average molecular weight is 472 g/mol. The Labute approximate surface area is 201 Å². The monoisotopic (exact) mass is 472 g/mol. The van der Waals surface area contributed by atoms with E-state index in [0.717, 1.165) is 22.3 Å². The molecule has 2 amide bonds. The molecular weight excluding hydrogens is 448 g/mol. The molecule has 2 aliphatic rings. The van der Waals surface area contributed by atoms with E-state index in [4.69, 9.17) is 9.47 Å². The first-order chi connectivity index (χ1) is 17.0. The van der Waals surface area contributed by atoms with Gasteiger partial charge in [0.05, 0.1) is 17.9 Å². The number of para-hydroxylation sites is 1. The molecule has 1 saturated heterocycles. The molecule has 8 heteroatoms. The zero-order chi connectivity index (χ0) is 24.4. The number of hydrogen-bond donors (Lipinski definition) is 3. The molecule has 0 bridgehead atoms. The van der Waals surface area contributed by atoms with E-state index >= 15 is 0 Å². The van der Waals surface area contributed by atoms with Crippen molar-refractivity contribution < 1.29 is 29.0 Å². The molecule has 3 N–H and O–H groups in total. The highest BCUT2D eigenvalue weighted by Crippen LogP contribution is 2.44. The van der Waals surface area contributed by atoms with E-state index in [2.05, 4.69) is 22.8 Å². The number of nitrogens with one attached hydrogen (secondary N) is 2. The van der Waals surface area contributed by atoms with Gasteiger partial charge in [-0.1, -0.05) is 60.7 Å². The molecule has 8 nitrogen and oxygen atoms in total. The number of hydrogen-bond acceptors (Lipinski definition) is 5. The Kier molecular flexibility index (Phi) is 5.96. The lowest BCUT2D eigenvalue weighted by atomic mass is 9.98. The topological polar surface area (TPSA) is 114 Å². The molecule has 0 saturated carbocycles. The predicted octanol–water partition coefficient (Wildman–Crippen LogP) is 4.02. The van der Waals surface area contributed by atoms with Crippen LogP contribution in [0.25, 0.3) is 11.1 Å². The molecule has 3 aromatic rings. The average Bonchev–Trinajstić information content (AvgIpc) is 3.47. The second-order valence-electron chi connectivity index (χ2n) is 8.64. The minimum absolute atomic E-state index is 0.0931. The van der Waals surface area contributed by atoms with Crippen molar-refractivity contribution >= 4 is 23.7 Å². The van der Waals surface area contributed by atoms with Crippen molar-refractivity contribution in [2.24, 2.45) is 0 Å². The van der Waals surface area contributed by atoms with Gasteiger partial charge in [0.2, 0.25) is 0 Å². The van der Waals surface area contributed by atoms with Gasteiger partial charge in [-0.25, -0.2) is 9.59 Å². The maximum absolute atomic E-state index is 12.9. The molecule has 1 heterocycles. The molecule has 0 aromatic heterocycles. The number of carbonyl (C=O) groups excluding carboxylic acids is 2. The highest BCUT2D eigenvalue weighted by atomic mass is 16.5. The number of ether oxygens (including phenoxy) is 2. The van der Waals surface area contributed by atoms with Crippen molar-refractivity contribution in [2.75, 3.05) is 25.1 Å². The van der Waals surface area contributed by atoms with Crippen LogP contribution < -0.4 is 10.6 Å². The van der Waals surface area contributed by atoms with E-state index in [1.807, 2.05) is 36.4 Å². The van der Waals surface area contributed by atoms with Crippen LogP contribution in [-0.4, -0.2) is 48.4 Å². The maximum Gasteiger partial charge on any atom is 0.411 e. The van der Waals surface area contributed by atoms with Crippen molar-refractivity contribution in [3.63, 3.8) is 0 Å². The summed E-state index contributed by atoms with van der Waals surface area (Å²) in [5.74, 6) is -1.87. The van der Waals surface area contributed by atoms with E-state index < -0.39 is 23.5 Å². The fourth-order valence-electron chi connectivity index (χ4n) is 4.70. The van der Waals surface area contributed by atoms with Crippen molar-refractivity contribution in [1.82, 2.24) is 5.32 Å². The zero-order valence-corrected chi connectivity index (χ0v) is 18.8. The SMILES string of the molecule is O=C(Nc1ccccc1C(=O)NC1(C(=O)O)CCOC1)OCC1c2ccccc2-c2ccccc21. The Morgan fingerprint density at radius 2 is 1.57 bits per heavy atom. The lowest BCUT2D eigenvalue weighted by molar-refractivity contribution is -0.144. The van der Waals surface area contributed by atoms with Gasteiger partial charge in [0.25, 0.3) is 5.91 Å². The number of aliphatic carboxylic acids is 1. The Morgan fingerprint density at radius 1 is 0.943 bits per heavy atom. The molecule has 1 aliphatic carbocycles. The summed E-state index contributed by atoms with van der Waals surface area (Å²) in [6.07, 6.45) is -0.542. The Balaban J connectivity index is 1.29. The lowest BCUT2D eigenvalue weighted by Gasteiger charge is -2.24. The number of carbonyl (C=O) groups is 3. The number of carboxylic acid groups (broad SMARTS) is 1. The van der Waals surface area contributed by atoms with Gasteiger partial charge in [-0.15, -0.1) is 0 Å². The number of rotatable bonds is 6. The molecule has 5 rings (SSSR count). The van der Waals surface area contributed by atoms with Crippen molar-refractivity contribution in [2.45, 2.75) is 17.9 Å². The van der Waals surface area contributed by atoms with Crippen molar-refractivity contribution in [3.05, 3.63) is 89.5 Å². The van der Waals surface area contributed by atoms with Gasteiger partial charge in [0, 0.05) is 18.9 Å². The second-order valence-corrected chi connectivity index (χ2v) is 8.64. The molecular formula is C27H24N2O6. The minimum atomic E-state index is -1.49. The van der Waals surface area contributed by atoms with E-state index in [1.165, 1.54) is 6.07 Å². The summed E-state index contributed by atoms with van der Waals surface area (Å²) in [5.41, 5.74) is 3.31. The van der Waals surface area contributed by atoms with Crippen LogP contribution in [0.1, 0.15) is 33.8 Å². The van der Waals surface area contributed by atoms with Crippen molar-refractivity contribution in [3.8, 4) is 11.1 Å². The molecule has 1 atom stereocenters. The third kappa shape index (κ3) is 4.24. The highest BCUT2D eigenvalue weighted by molar-refractivity contribution is 6.04. The molecule has 35 heavy (non-hydrogen) atoms. The molecule has 1 fully saturated rings. The van der Waals surface area contributed by atoms with Crippen LogP contribution in [0.3, 0.4) is 0 Å². The molecule has 0 spiro atoms.